The summed E-state index contributed by atoms with van der Waals surface area (Å²) >= 11 is 0. The van der Waals surface area contributed by atoms with E-state index in [1.807, 2.05) is 19.0 Å². The van der Waals surface area contributed by atoms with Crippen molar-refractivity contribution in [2.24, 2.45) is 17.2 Å². The standard InChI is InChI=1S/C5H16N4.C3H8/c1-9(2)4-3-5(6,7)8;1-3-2/h3-4,6-8H2,1-2H3;3H2,1-2H3. The first-order valence-electron chi connectivity index (χ1n) is 4.34. The van der Waals surface area contributed by atoms with Gasteiger partial charge in [0.1, 0.15) is 5.79 Å². The molecule has 0 atom stereocenters. The quantitative estimate of drug-likeness (QED) is 0.524. The second-order valence-corrected chi connectivity index (χ2v) is 3.37. The van der Waals surface area contributed by atoms with E-state index in [2.05, 4.69) is 13.8 Å². The largest absolute Gasteiger partial charge is 0.309 e. The van der Waals surface area contributed by atoms with Gasteiger partial charge in [-0.3, -0.25) is 0 Å². The molecule has 0 rings (SSSR count). The molecule has 0 aliphatic heterocycles. The van der Waals surface area contributed by atoms with Crippen LogP contribution in [0.4, 0.5) is 0 Å². The molecule has 0 aliphatic rings. The first-order valence-corrected chi connectivity index (χ1v) is 4.34. The third-order valence-corrected chi connectivity index (χ3v) is 0.992. The molecule has 0 unspecified atom stereocenters. The van der Waals surface area contributed by atoms with E-state index >= 15 is 0 Å². The molecular weight excluding hydrogens is 152 g/mol. The molecule has 0 saturated heterocycles. The van der Waals surface area contributed by atoms with E-state index in [9.17, 15) is 0 Å². The second kappa shape index (κ2) is 7.49. The van der Waals surface area contributed by atoms with Crippen LogP contribution in [-0.4, -0.2) is 31.3 Å². The average molecular weight is 176 g/mol. The van der Waals surface area contributed by atoms with Crippen molar-refractivity contribution in [3.8, 4) is 0 Å². The first kappa shape index (κ1) is 14.4. The Morgan fingerprint density at radius 2 is 1.42 bits per heavy atom. The van der Waals surface area contributed by atoms with Gasteiger partial charge in [0.15, 0.2) is 0 Å². The van der Waals surface area contributed by atoms with E-state index in [-0.39, 0.29) is 0 Å². The van der Waals surface area contributed by atoms with E-state index < -0.39 is 5.79 Å². The van der Waals surface area contributed by atoms with Crippen LogP contribution in [0, 0.1) is 0 Å². The molecule has 0 fully saturated rings. The lowest BCUT2D eigenvalue weighted by atomic mass is 10.2. The zero-order valence-electron chi connectivity index (χ0n) is 8.80. The average Bonchev–Trinajstić information content (AvgIpc) is 1.84. The summed E-state index contributed by atoms with van der Waals surface area (Å²) in [4.78, 5) is 1.99. The maximum atomic E-state index is 5.31. The Morgan fingerprint density at radius 3 is 1.50 bits per heavy atom. The summed E-state index contributed by atoms with van der Waals surface area (Å²) in [5.74, 6) is -1.01. The number of rotatable bonds is 3. The fourth-order valence-electron chi connectivity index (χ4n) is 0.417. The predicted octanol–water partition coefficient (Wildman–Crippen LogP) is -0.116. The molecule has 12 heavy (non-hydrogen) atoms. The fraction of sp³-hybridized carbons (Fsp3) is 1.00. The van der Waals surface area contributed by atoms with Crippen LogP contribution >= 0.6 is 0 Å². The zero-order chi connectivity index (χ0) is 10.2. The lowest BCUT2D eigenvalue weighted by molar-refractivity contribution is 0.325. The molecule has 0 heterocycles. The van der Waals surface area contributed by atoms with Crippen LogP contribution in [0.1, 0.15) is 26.7 Å². The van der Waals surface area contributed by atoms with Gasteiger partial charge in [-0.15, -0.1) is 0 Å². The van der Waals surface area contributed by atoms with Crippen molar-refractivity contribution in [2.75, 3.05) is 20.6 Å². The Bertz CT molecular complexity index is 85.5. The molecule has 0 bridgehead atoms. The maximum absolute atomic E-state index is 5.31. The predicted molar refractivity (Wildman–Crippen MR) is 54.4 cm³/mol. The van der Waals surface area contributed by atoms with Crippen LogP contribution in [0.2, 0.25) is 0 Å². The molecule has 4 nitrogen and oxygen atoms in total. The van der Waals surface area contributed by atoms with Gasteiger partial charge in [0, 0.05) is 13.0 Å². The highest BCUT2D eigenvalue weighted by atomic mass is 15.1. The second-order valence-electron chi connectivity index (χ2n) is 3.37. The number of hydrogen-bond donors (Lipinski definition) is 3. The Hall–Kier alpha value is -0.160. The van der Waals surface area contributed by atoms with E-state index in [4.69, 9.17) is 17.2 Å². The number of nitrogens with zero attached hydrogens (tertiary/aromatic N) is 1. The van der Waals surface area contributed by atoms with Gasteiger partial charge in [0.25, 0.3) is 0 Å². The lowest BCUT2D eigenvalue weighted by Gasteiger charge is -2.20. The number of hydrogen-bond acceptors (Lipinski definition) is 4. The van der Waals surface area contributed by atoms with Crippen molar-refractivity contribution in [1.82, 2.24) is 4.90 Å². The van der Waals surface area contributed by atoms with Crippen LogP contribution < -0.4 is 17.2 Å². The molecule has 6 N–H and O–H groups in total. The van der Waals surface area contributed by atoms with E-state index in [1.54, 1.807) is 0 Å². The van der Waals surface area contributed by atoms with Crippen molar-refractivity contribution >= 4 is 0 Å². The summed E-state index contributed by atoms with van der Waals surface area (Å²) in [7, 11) is 3.90. The summed E-state index contributed by atoms with van der Waals surface area (Å²) in [5.41, 5.74) is 15.9. The van der Waals surface area contributed by atoms with E-state index in [0.29, 0.717) is 6.42 Å². The summed E-state index contributed by atoms with van der Waals surface area (Å²) in [6, 6.07) is 0. The Balaban J connectivity index is 0. The Kier molecular flexibility index (Phi) is 8.97. The molecule has 0 aromatic carbocycles. The summed E-state index contributed by atoms with van der Waals surface area (Å²) in [6.45, 7) is 5.07. The van der Waals surface area contributed by atoms with Gasteiger partial charge >= 0.3 is 0 Å². The van der Waals surface area contributed by atoms with Gasteiger partial charge < -0.3 is 22.1 Å². The van der Waals surface area contributed by atoms with Crippen LogP contribution in [0.5, 0.6) is 0 Å². The normalized spacial score (nSPS) is 11.0. The van der Waals surface area contributed by atoms with Gasteiger partial charge in [-0.05, 0) is 14.1 Å². The molecule has 0 spiro atoms. The summed E-state index contributed by atoms with van der Waals surface area (Å²) < 4.78 is 0. The smallest absolute Gasteiger partial charge is 0.117 e. The monoisotopic (exact) mass is 176 g/mol. The summed E-state index contributed by atoms with van der Waals surface area (Å²) in [5, 5.41) is 0. The highest BCUT2D eigenvalue weighted by Gasteiger charge is 2.10. The third-order valence-electron chi connectivity index (χ3n) is 0.992. The van der Waals surface area contributed by atoms with Crippen LogP contribution in [0.3, 0.4) is 0 Å². The zero-order valence-corrected chi connectivity index (χ0v) is 8.80. The topological polar surface area (TPSA) is 81.3 Å². The minimum absolute atomic E-state index is 0.611. The highest BCUT2D eigenvalue weighted by Crippen LogP contribution is 1.88. The maximum Gasteiger partial charge on any atom is 0.117 e. The van der Waals surface area contributed by atoms with Crippen LogP contribution in [0.25, 0.3) is 0 Å². The van der Waals surface area contributed by atoms with Crippen LogP contribution in [-0.2, 0) is 0 Å². The van der Waals surface area contributed by atoms with Gasteiger partial charge in [0.2, 0.25) is 0 Å². The number of nitrogens with two attached hydrogens (primary N) is 3. The highest BCUT2D eigenvalue weighted by molar-refractivity contribution is 4.68. The van der Waals surface area contributed by atoms with Gasteiger partial charge in [-0.1, -0.05) is 20.3 Å². The molecule has 0 amide bonds. The molecule has 0 aromatic heterocycles. The molecule has 0 radical (unpaired) electrons. The molecule has 0 aromatic rings. The van der Waals surface area contributed by atoms with E-state index in [0.717, 1.165) is 6.54 Å². The minimum atomic E-state index is -1.01. The van der Waals surface area contributed by atoms with Gasteiger partial charge in [0.05, 0.1) is 0 Å². The molecular formula is C8H24N4. The van der Waals surface area contributed by atoms with Crippen molar-refractivity contribution in [2.45, 2.75) is 32.5 Å². The molecule has 0 aliphatic carbocycles. The van der Waals surface area contributed by atoms with E-state index in [1.165, 1.54) is 6.42 Å². The van der Waals surface area contributed by atoms with Gasteiger partial charge in [-0.25, -0.2) is 0 Å². The molecule has 0 saturated carbocycles. The van der Waals surface area contributed by atoms with Crippen molar-refractivity contribution < 1.29 is 0 Å². The van der Waals surface area contributed by atoms with Crippen LogP contribution in [0.15, 0.2) is 0 Å². The fourth-order valence-corrected chi connectivity index (χ4v) is 0.417. The molecule has 76 valence electrons. The minimum Gasteiger partial charge on any atom is -0.309 e. The Morgan fingerprint density at radius 1 is 1.08 bits per heavy atom. The Labute approximate surface area is 76.1 Å². The van der Waals surface area contributed by atoms with Crippen molar-refractivity contribution in [1.29, 1.82) is 0 Å². The lowest BCUT2D eigenvalue weighted by Crippen LogP contribution is -2.59. The summed E-state index contributed by atoms with van der Waals surface area (Å²) in [6.07, 6.45) is 1.86. The third kappa shape index (κ3) is 22.5. The molecule has 4 heteroatoms. The van der Waals surface area contributed by atoms with Crippen molar-refractivity contribution in [3.05, 3.63) is 0 Å². The van der Waals surface area contributed by atoms with Crippen molar-refractivity contribution in [3.63, 3.8) is 0 Å². The SMILES string of the molecule is CCC.CN(C)CCC(N)(N)N. The first-order chi connectivity index (χ1) is 5.33. The van der Waals surface area contributed by atoms with Gasteiger partial charge in [-0.2, -0.15) is 0 Å².